The molecule has 128 valence electrons. The van der Waals surface area contributed by atoms with Crippen LogP contribution in [0.15, 0.2) is 48.6 Å². The summed E-state index contributed by atoms with van der Waals surface area (Å²) < 4.78 is 5.51. The number of hydrogen-bond acceptors (Lipinski definition) is 4. The number of benzene rings is 2. The van der Waals surface area contributed by atoms with Gasteiger partial charge in [-0.1, -0.05) is 35.9 Å². The first kappa shape index (κ1) is 16.0. The van der Waals surface area contributed by atoms with Gasteiger partial charge in [0.15, 0.2) is 0 Å². The lowest BCUT2D eigenvalue weighted by molar-refractivity contribution is -0.384. The lowest BCUT2D eigenvalue weighted by atomic mass is 9.77. The number of ether oxygens (including phenoxy) is 1. The van der Waals surface area contributed by atoms with Gasteiger partial charge in [-0.3, -0.25) is 10.1 Å². The Morgan fingerprint density at radius 1 is 1.28 bits per heavy atom. The zero-order valence-corrected chi connectivity index (χ0v) is 14.4. The monoisotopic (exact) mass is 356 g/mol. The van der Waals surface area contributed by atoms with E-state index < -0.39 is 0 Å². The predicted octanol–water partition coefficient (Wildman–Crippen LogP) is 5.08. The normalized spacial score (nSPS) is 23.5. The summed E-state index contributed by atoms with van der Waals surface area (Å²) >= 11 is 6.41. The number of non-ortho nitro benzene ring substituents is 1. The second-order valence-electron chi connectivity index (χ2n) is 6.36. The minimum absolute atomic E-state index is 0.0505. The van der Waals surface area contributed by atoms with E-state index in [-0.39, 0.29) is 28.5 Å². The standard InChI is InChI=1S/C19H17ClN2O3/c1-25-17-7-3-6-14-12-4-2-5-13(12)18(21-19(14)17)15-10-11(22(23)24)8-9-16(15)20/h2-4,6-10,12-13,18,21H,5H2,1H3/t12-,13+,18+/m1/s1. The van der Waals surface area contributed by atoms with Gasteiger partial charge in [-0.15, -0.1) is 0 Å². The molecule has 3 atom stereocenters. The van der Waals surface area contributed by atoms with Crippen LogP contribution >= 0.6 is 11.6 Å². The van der Waals surface area contributed by atoms with Crippen LogP contribution in [0, 0.1) is 16.0 Å². The highest BCUT2D eigenvalue weighted by atomic mass is 35.5. The Morgan fingerprint density at radius 2 is 2.12 bits per heavy atom. The van der Waals surface area contributed by atoms with Crippen molar-refractivity contribution in [1.82, 2.24) is 0 Å². The van der Waals surface area contributed by atoms with Crippen LogP contribution in [0.25, 0.3) is 0 Å². The number of methoxy groups -OCH3 is 1. The van der Waals surface area contributed by atoms with Crippen LogP contribution in [-0.4, -0.2) is 12.0 Å². The van der Waals surface area contributed by atoms with Gasteiger partial charge >= 0.3 is 0 Å². The number of anilines is 1. The molecule has 0 bridgehead atoms. The van der Waals surface area contributed by atoms with E-state index in [4.69, 9.17) is 16.3 Å². The van der Waals surface area contributed by atoms with Crippen molar-refractivity contribution >= 4 is 23.0 Å². The van der Waals surface area contributed by atoms with Gasteiger partial charge in [-0.25, -0.2) is 0 Å². The molecule has 0 unspecified atom stereocenters. The smallest absolute Gasteiger partial charge is 0.269 e. The molecular formula is C19H17ClN2O3. The summed E-state index contributed by atoms with van der Waals surface area (Å²) in [7, 11) is 1.64. The topological polar surface area (TPSA) is 64.4 Å². The van der Waals surface area contributed by atoms with Crippen LogP contribution < -0.4 is 10.1 Å². The SMILES string of the molecule is COc1cccc2c1N[C@H](c1cc([N+](=O)[O-])ccc1Cl)[C@H]1CC=C[C@@H]21. The Bertz CT molecular complexity index is 881. The van der Waals surface area contributed by atoms with Crippen molar-refractivity contribution in [3.8, 4) is 5.75 Å². The summed E-state index contributed by atoms with van der Waals surface area (Å²) in [4.78, 5) is 10.8. The van der Waals surface area contributed by atoms with E-state index in [0.717, 1.165) is 23.4 Å². The second-order valence-corrected chi connectivity index (χ2v) is 6.77. The molecule has 0 saturated carbocycles. The Hall–Kier alpha value is -2.53. The largest absolute Gasteiger partial charge is 0.495 e. The lowest BCUT2D eigenvalue weighted by Crippen LogP contribution is -2.29. The Morgan fingerprint density at radius 3 is 2.88 bits per heavy atom. The predicted molar refractivity (Wildman–Crippen MR) is 97.5 cm³/mol. The molecule has 0 amide bonds. The Kier molecular flexibility index (Phi) is 3.88. The maximum Gasteiger partial charge on any atom is 0.269 e. The fourth-order valence-corrected chi connectivity index (χ4v) is 4.19. The molecule has 2 aromatic rings. The first-order valence-corrected chi connectivity index (χ1v) is 8.52. The minimum atomic E-state index is -0.387. The van der Waals surface area contributed by atoms with Gasteiger partial charge in [0.25, 0.3) is 5.69 Å². The minimum Gasteiger partial charge on any atom is -0.495 e. The number of para-hydroxylation sites is 1. The third kappa shape index (κ3) is 2.55. The Balaban J connectivity index is 1.84. The fourth-order valence-electron chi connectivity index (χ4n) is 3.95. The molecule has 1 aliphatic heterocycles. The van der Waals surface area contributed by atoms with E-state index in [2.05, 4.69) is 23.5 Å². The molecule has 1 N–H and O–H groups in total. The molecule has 0 radical (unpaired) electrons. The average molecular weight is 357 g/mol. The number of allylic oxidation sites excluding steroid dienone is 2. The fraction of sp³-hybridized carbons (Fsp3) is 0.263. The van der Waals surface area contributed by atoms with E-state index >= 15 is 0 Å². The Labute approximate surface area is 150 Å². The zero-order valence-electron chi connectivity index (χ0n) is 13.6. The molecule has 0 fully saturated rings. The number of nitrogens with zero attached hydrogens (tertiary/aromatic N) is 1. The molecule has 2 aromatic carbocycles. The number of halogens is 1. The zero-order chi connectivity index (χ0) is 17.6. The summed E-state index contributed by atoms with van der Waals surface area (Å²) in [5.74, 6) is 1.27. The quantitative estimate of drug-likeness (QED) is 0.473. The van der Waals surface area contributed by atoms with Crippen LogP contribution in [0.2, 0.25) is 5.02 Å². The van der Waals surface area contributed by atoms with Crippen molar-refractivity contribution in [2.45, 2.75) is 18.4 Å². The van der Waals surface area contributed by atoms with Crippen molar-refractivity contribution in [2.75, 3.05) is 12.4 Å². The molecule has 4 rings (SSSR count). The van der Waals surface area contributed by atoms with Crippen LogP contribution in [0.5, 0.6) is 5.75 Å². The first-order valence-electron chi connectivity index (χ1n) is 8.14. The van der Waals surface area contributed by atoms with E-state index in [1.165, 1.54) is 11.6 Å². The molecule has 5 nitrogen and oxygen atoms in total. The van der Waals surface area contributed by atoms with Crippen molar-refractivity contribution in [2.24, 2.45) is 5.92 Å². The van der Waals surface area contributed by atoms with Crippen molar-refractivity contribution in [3.05, 3.63) is 74.8 Å². The van der Waals surface area contributed by atoms with Crippen molar-refractivity contribution in [1.29, 1.82) is 0 Å². The van der Waals surface area contributed by atoms with Gasteiger partial charge in [-0.2, -0.15) is 0 Å². The molecule has 25 heavy (non-hydrogen) atoms. The first-order chi connectivity index (χ1) is 12.1. The molecule has 0 aromatic heterocycles. The number of nitro benzene ring substituents is 1. The van der Waals surface area contributed by atoms with Crippen molar-refractivity contribution in [3.63, 3.8) is 0 Å². The van der Waals surface area contributed by atoms with Gasteiger partial charge < -0.3 is 10.1 Å². The molecular weight excluding hydrogens is 340 g/mol. The van der Waals surface area contributed by atoms with Crippen molar-refractivity contribution < 1.29 is 9.66 Å². The highest BCUT2D eigenvalue weighted by Gasteiger charge is 2.40. The maximum atomic E-state index is 11.2. The van der Waals surface area contributed by atoms with E-state index in [0.29, 0.717) is 5.02 Å². The van der Waals surface area contributed by atoms with Crippen LogP contribution in [0.1, 0.15) is 29.5 Å². The summed E-state index contributed by atoms with van der Waals surface area (Å²) in [5, 5.41) is 15.3. The van der Waals surface area contributed by atoms with Gasteiger partial charge in [0.1, 0.15) is 5.75 Å². The number of nitrogens with one attached hydrogen (secondary N) is 1. The van der Waals surface area contributed by atoms with Crippen LogP contribution in [0.4, 0.5) is 11.4 Å². The summed E-state index contributed by atoms with van der Waals surface area (Å²) in [6.07, 6.45) is 5.28. The van der Waals surface area contributed by atoms with E-state index in [1.807, 2.05) is 12.1 Å². The van der Waals surface area contributed by atoms with E-state index in [9.17, 15) is 10.1 Å². The second kappa shape index (κ2) is 6.08. The molecule has 0 spiro atoms. The van der Waals surface area contributed by atoms with Gasteiger partial charge in [-0.05, 0) is 30.0 Å². The molecule has 2 aliphatic rings. The molecule has 6 heteroatoms. The van der Waals surface area contributed by atoms with Gasteiger partial charge in [0.2, 0.25) is 0 Å². The maximum absolute atomic E-state index is 11.2. The van der Waals surface area contributed by atoms with Gasteiger partial charge in [0, 0.05) is 28.6 Å². The molecule has 0 saturated heterocycles. The molecule has 1 aliphatic carbocycles. The highest BCUT2D eigenvalue weighted by molar-refractivity contribution is 6.31. The van der Waals surface area contributed by atoms with E-state index in [1.54, 1.807) is 19.2 Å². The number of fused-ring (bicyclic) bond motifs is 3. The lowest BCUT2D eigenvalue weighted by Gasteiger charge is -2.38. The summed E-state index contributed by atoms with van der Waals surface area (Å²) in [6.45, 7) is 0. The molecule has 1 heterocycles. The van der Waals surface area contributed by atoms with Crippen LogP contribution in [-0.2, 0) is 0 Å². The average Bonchev–Trinajstić information content (AvgIpc) is 3.11. The summed E-state index contributed by atoms with van der Waals surface area (Å²) in [5.41, 5.74) is 2.93. The number of hydrogen-bond donors (Lipinski definition) is 1. The van der Waals surface area contributed by atoms with Gasteiger partial charge in [0.05, 0.1) is 23.8 Å². The third-order valence-corrected chi connectivity index (χ3v) is 5.45. The summed E-state index contributed by atoms with van der Waals surface area (Å²) in [6, 6.07) is 10.5. The highest BCUT2D eigenvalue weighted by Crippen LogP contribution is 2.53. The number of rotatable bonds is 3. The third-order valence-electron chi connectivity index (χ3n) is 5.10. The van der Waals surface area contributed by atoms with Crippen LogP contribution in [0.3, 0.4) is 0 Å². The number of nitro groups is 1.